The van der Waals surface area contributed by atoms with Crippen LogP contribution in [0.4, 0.5) is 11.5 Å². The second-order valence-electron chi connectivity index (χ2n) is 4.48. The zero-order valence-electron chi connectivity index (χ0n) is 9.32. The largest absolute Gasteiger partial charge is 0.397 e. The van der Waals surface area contributed by atoms with E-state index in [1.807, 2.05) is 12.1 Å². The quantitative estimate of drug-likeness (QED) is 0.823. The molecule has 0 aromatic carbocycles. The molecule has 2 N–H and O–H groups in total. The fourth-order valence-corrected chi connectivity index (χ4v) is 2.30. The predicted molar refractivity (Wildman–Crippen MR) is 63.9 cm³/mol. The van der Waals surface area contributed by atoms with Gasteiger partial charge >= 0.3 is 0 Å². The lowest BCUT2D eigenvalue weighted by Crippen LogP contribution is -2.24. The Morgan fingerprint density at radius 2 is 2.13 bits per heavy atom. The number of aromatic nitrogens is 1. The molecule has 3 nitrogen and oxygen atoms in total. The lowest BCUT2D eigenvalue weighted by atomic mass is 10.1. The number of rotatable bonds is 3. The molecule has 0 bridgehead atoms. The third-order valence-corrected chi connectivity index (χ3v) is 3.17. The summed E-state index contributed by atoms with van der Waals surface area (Å²) in [5, 5.41) is 0. The van der Waals surface area contributed by atoms with Crippen LogP contribution in [0.2, 0.25) is 0 Å². The van der Waals surface area contributed by atoms with Gasteiger partial charge < -0.3 is 10.6 Å². The number of hydrogen-bond acceptors (Lipinski definition) is 3. The molecule has 1 aliphatic rings. The first-order chi connectivity index (χ1) is 7.25. The van der Waals surface area contributed by atoms with Gasteiger partial charge in [0.2, 0.25) is 0 Å². The highest BCUT2D eigenvalue weighted by molar-refractivity contribution is 5.45. The molecule has 1 fully saturated rings. The molecule has 0 saturated heterocycles. The van der Waals surface area contributed by atoms with Crippen LogP contribution in [-0.2, 0) is 0 Å². The van der Waals surface area contributed by atoms with E-state index in [2.05, 4.69) is 16.9 Å². The van der Waals surface area contributed by atoms with E-state index < -0.39 is 0 Å². The van der Waals surface area contributed by atoms with Crippen molar-refractivity contribution in [2.24, 2.45) is 5.92 Å². The van der Waals surface area contributed by atoms with Crippen LogP contribution in [0.15, 0.2) is 18.3 Å². The summed E-state index contributed by atoms with van der Waals surface area (Å²) in [7, 11) is 2.11. The Labute approximate surface area is 91.3 Å². The van der Waals surface area contributed by atoms with Crippen LogP contribution in [0.3, 0.4) is 0 Å². The first-order valence-electron chi connectivity index (χ1n) is 5.68. The summed E-state index contributed by atoms with van der Waals surface area (Å²) < 4.78 is 0. The number of nitrogens with two attached hydrogens (primary N) is 1. The highest BCUT2D eigenvalue weighted by Gasteiger charge is 2.17. The Kier molecular flexibility index (Phi) is 3.09. The van der Waals surface area contributed by atoms with Crippen LogP contribution in [-0.4, -0.2) is 18.6 Å². The Balaban J connectivity index is 1.94. The molecular weight excluding hydrogens is 186 g/mol. The smallest absolute Gasteiger partial charge is 0.128 e. The predicted octanol–water partition coefficient (Wildman–Crippen LogP) is 2.29. The fraction of sp³-hybridized carbons (Fsp3) is 0.583. The summed E-state index contributed by atoms with van der Waals surface area (Å²) in [6.45, 7) is 1.12. The Hall–Kier alpha value is -1.25. The van der Waals surface area contributed by atoms with Crippen molar-refractivity contribution in [1.82, 2.24) is 4.98 Å². The van der Waals surface area contributed by atoms with Crippen molar-refractivity contribution in [3.05, 3.63) is 18.3 Å². The van der Waals surface area contributed by atoms with E-state index in [1.165, 1.54) is 25.7 Å². The summed E-state index contributed by atoms with van der Waals surface area (Å²) >= 11 is 0. The zero-order valence-corrected chi connectivity index (χ0v) is 9.32. The van der Waals surface area contributed by atoms with Crippen LogP contribution in [0.25, 0.3) is 0 Å². The van der Waals surface area contributed by atoms with Crippen LogP contribution in [0.5, 0.6) is 0 Å². The van der Waals surface area contributed by atoms with Crippen molar-refractivity contribution < 1.29 is 0 Å². The van der Waals surface area contributed by atoms with Crippen molar-refractivity contribution >= 4 is 11.5 Å². The summed E-state index contributed by atoms with van der Waals surface area (Å²) in [4.78, 5) is 6.55. The van der Waals surface area contributed by atoms with Crippen molar-refractivity contribution in [1.29, 1.82) is 0 Å². The lowest BCUT2D eigenvalue weighted by molar-refractivity contribution is 0.545. The average Bonchev–Trinajstić information content (AvgIpc) is 2.71. The molecule has 0 unspecified atom stereocenters. The molecule has 1 aliphatic carbocycles. The zero-order chi connectivity index (χ0) is 10.7. The number of hydrogen-bond donors (Lipinski definition) is 1. The number of nitrogen functional groups attached to an aromatic ring is 1. The molecule has 15 heavy (non-hydrogen) atoms. The summed E-state index contributed by atoms with van der Waals surface area (Å²) in [6.07, 6.45) is 7.26. The number of nitrogens with zero attached hydrogens (tertiary/aromatic N) is 2. The van der Waals surface area contributed by atoms with Crippen molar-refractivity contribution in [2.75, 3.05) is 24.2 Å². The van der Waals surface area contributed by atoms with Gasteiger partial charge in [-0.25, -0.2) is 4.98 Å². The number of pyridine rings is 1. The molecule has 1 saturated carbocycles. The van der Waals surface area contributed by atoms with Gasteiger partial charge in [-0.05, 0) is 30.9 Å². The molecule has 0 aliphatic heterocycles. The molecule has 3 heteroatoms. The third kappa shape index (κ3) is 2.61. The van der Waals surface area contributed by atoms with Gasteiger partial charge in [-0.3, -0.25) is 0 Å². The Morgan fingerprint density at radius 1 is 1.40 bits per heavy atom. The molecule has 1 aromatic rings. The van der Waals surface area contributed by atoms with E-state index in [4.69, 9.17) is 5.73 Å². The van der Waals surface area contributed by atoms with E-state index in [1.54, 1.807) is 6.20 Å². The maximum absolute atomic E-state index is 5.61. The molecule has 0 spiro atoms. The minimum atomic E-state index is 0.730. The van der Waals surface area contributed by atoms with Gasteiger partial charge in [0.25, 0.3) is 0 Å². The van der Waals surface area contributed by atoms with E-state index in [-0.39, 0.29) is 0 Å². The minimum Gasteiger partial charge on any atom is -0.397 e. The molecule has 0 atom stereocenters. The van der Waals surface area contributed by atoms with Crippen molar-refractivity contribution in [3.8, 4) is 0 Å². The Bertz CT molecular complexity index is 301. The molecule has 0 radical (unpaired) electrons. The normalized spacial score (nSPS) is 16.9. The van der Waals surface area contributed by atoms with Crippen molar-refractivity contribution in [2.45, 2.75) is 25.7 Å². The SMILES string of the molecule is CN(CC1CCCC1)c1ccc(N)cn1. The second kappa shape index (κ2) is 4.51. The highest BCUT2D eigenvalue weighted by atomic mass is 15.2. The van der Waals surface area contributed by atoms with Crippen LogP contribution < -0.4 is 10.6 Å². The molecule has 1 heterocycles. The van der Waals surface area contributed by atoms with Gasteiger partial charge in [0.1, 0.15) is 5.82 Å². The van der Waals surface area contributed by atoms with Gasteiger partial charge in [-0.15, -0.1) is 0 Å². The van der Waals surface area contributed by atoms with Crippen LogP contribution in [0, 0.1) is 5.92 Å². The van der Waals surface area contributed by atoms with Crippen LogP contribution >= 0.6 is 0 Å². The highest BCUT2D eigenvalue weighted by Crippen LogP contribution is 2.26. The van der Waals surface area contributed by atoms with Gasteiger partial charge in [-0.2, -0.15) is 0 Å². The molecule has 0 amide bonds. The third-order valence-electron chi connectivity index (χ3n) is 3.17. The molecule has 2 rings (SSSR count). The standard InChI is InChI=1S/C12H19N3/c1-15(9-10-4-2-3-5-10)12-7-6-11(13)8-14-12/h6-8,10H,2-5,9,13H2,1H3. The van der Waals surface area contributed by atoms with E-state index in [0.29, 0.717) is 0 Å². The summed E-state index contributed by atoms with van der Waals surface area (Å²) in [5.41, 5.74) is 6.34. The Morgan fingerprint density at radius 3 is 2.73 bits per heavy atom. The maximum Gasteiger partial charge on any atom is 0.128 e. The fourth-order valence-electron chi connectivity index (χ4n) is 2.30. The molecule has 1 aromatic heterocycles. The lowest BCUT2D eigenvalue weighted by Gasteiger charge is -2.21. The van der Waals surface area contributed by atoms with Gasteiger partial charge in [0.05, 0.1) is 11.9 Å². The van der Waals surface area contributed by atoms with E-state index in [0.717, 1.165) is 24.0 Å². The van der Waals surface area contributed by atoms with E-state index in [9.17, 15) is 0 Å². The first kappa shape index (κ1) is 10.3. The van der Waals surface area contributed by atoms with Gasteiger partial charge in [0, 0.05) is 13.6 Å². The number of anilines is 2. The monoisotopic (exact) mass is 205 g/mol. The molecule has 82 valence electrons. The summed E-state index contributed by atoms with van der Waals surface area (Å²) in [5.74, 6) is 1.88. The minimum absolute atomic E-state index is 0.730. The first-order valence-corrected chi connectivity index (χ1v) is 5.68. The maximum atomic E-state index is 5.61. The van der Waals surface area contributed by atoms with E-state index >= 15 is 0 Å². The average molecular weight is 205 g/mol. The van der Waals surface area contributed by atoms with Gasteiger partial charge in [0.15, 0.2) is 0 Å². The summed E-state index contributed by atoms with van der Waals surface area (Å²) in [6, 6.07) is 3.90. The second-order valence-corrected chi connectivity index (χ2v) is 4.48. The van der Waals surface area contributed by atoms with Crippen LogP contribution in [0.1, 0.15) is 25.7 Å². The molecular formula is C12H19N3. The van der Waals surface area contributed by atoms with Crippen molar-refractivity contribution in [3.63, 3.8) is 0 Å². The topological polar surface area (TPSA) is 42.1 Å². The van der Waals surface area contributed by atoms with Gasteiger partial charge in [-0.1, -0.05) is 12.8 Å².